The summed E-state index contributed by atoms with van der Waals surface area (Å²) in [5.41, 5.74) is 3.54. The molecule has 0 fully saturated rings. The van der Waals surface area contributed by atoms with Crippen LogP contribution in [0.3, 0.4) is 0 Å². The molecule has 0 saturated heterocycles. The summed E-state index contributed by atoms with van der Waals surface area (Å²) < 4.78 is 26.5. The number of nitrogens with zero attached hydrogens (tertiary/aromatic N) is 2. The molecule has 0 radical (unpaired) electrons. The van der Waals surface area contributed by atoms with Crippen molar-refractivity contribution in [2.45, 2.75) is 45.4 Å². The van der Waals surface area contributed by atoms with E-state index in [1.54, 1.807) is 13.8 Å². The SMILES string of the molecule is Cc1cccc(C(C)C)c1NC(=O)CN(C)S(=O)(=O)c1c(C)n[nH]c1C. The van der Waals surface area contributed by atoms with Crippen molar-refractivity contribution in [3.05, 3.63) is 40.7 Å². The topological polar surface area (TPSA) is 95.2 Å². The Bertz CT molecular complexity index is 897. The van der Waals surface area contributed by atoms with Crippen LogP contribution in [-0.2, 0) is 14.8 Å². The molecule has 2 aromatic rings. The second-order valence-electron chi connectivity index (χ2n) is 6.77. The average Bonchev–Trinajstić information content (AvgIpc) is 2.88. The third-order valence-electron chi connectivity index (χ3n) is 4.29. The molecule has 2 rings (SSSR count). The van der Waals surface area contributed by atoms with Gasteiger partial charge in [-0.15, -0.1) is 0 Å². The third kappa shape index (κ3) is 3.96. The highest BCUT2D eigenvalue weighted by atomic mass is 32.2. The van der Waals surface area contributed by atoms with Crippen LogP contribution < -0.4 is 5.32 Å². The number of nitrogens with one attached hydrogen (secondary N) is 2. The van der Waals surface area contributed by atoms with E-state index in [1.807, 2.05) is 39.0 Å². The zero-order valence-corrected chi connectivity index (χ0v) is 16.9. The van der Waals surface area contributed by atoms with E-state index in [0.717, 1.165) is 21.1 Å². The minimum Gasteiger partial charge on any atom is -0.324 e. The van der Waals surface area contributed by atoms with E-state index in [1.165, 1.54) is 7.05 Å². The van der Waals surface area contributed by atoms with Crippen LogP contribution in [0.1, 0.15) is 42.3 Å². The number of carbonyl (C=O) groups excluding carboxylic acids is 1. The minimum absolute atomic E-state index is 0.117. The summed E-state index contributed by atoms with van der Waals surface area (Å²) in [6.45, 7) is 8.99. The predicted octanol–water partition coefficient (Wildman–Crippen LogP) is 2.72. The molecule has 0 saturated carbocycles. The van der Waals surface area contributed by atoms with Crippen LogP contribution in [0.15, 0.2) is 23.1 Å². The monoisotopic (exact) mass is 378 g/mol. The van der Waals surface area contributed by atoms with E-state index in [2.05, 4.69) is 15.5 Å². The molecular weight excluding hydrogens is 352 g/mol. The Morgan fingerprint density at radius 1 is 1.27 bits per heavy atom. The van der Waals surface area contributed by atoms with Gasteiger partial charge in [0.05, 0.1) is 17.9 Å². The van der Waals surface area contributed by atoms with Gasteiger partial charge in [-0.3, -0.25) is 9.89 Å². The number of hydrogen-bond donors (Lipinski definition) is 2. The fourth-order valence-electron chi connectivity index (χ4n) is 2.89. The van der Waals surface area contributed by atoms with Crippen molar-refractivity contribution in [2.75, 3.05) is 18.9 Å². The number of carbonyl (C=O) groups is 1. The van der Waals surface area contributed by atoms with Gasteiger partial charge < -0.3 is 5.32 Å². The maximum atomic E-state index is 12.8. The molecule has 1 aromatic heterocycles. The number of hydrogen-bond acceptors (Lipinski definition) is 4. The van der Waals surface area contributed by atoms with Gasteiger partial charge in [0.2, 0.25) is 15.9 Å². The van der Waals surface area contributed by atoms with E-state index in [-0.39, 0.29) is 23.3 Å². The normalized spacial score (nSPS) is 12.0. The molecule has 7 nitrogen and oxygen atoms in total. The standard InChI is InChI=1S/C18H26N4O3S/c1-11(2)15-9-7-8-12(3)17(15)19-16(23)10-22(6)26(24,25)18-13(4)20-21-14(18)5/h7-9,11H,10H2,1-6H3,(H,19,23)(H,20,21). The van der Waals surface area contributed by atoms with Gasteiger partial charge in [-0.05, 0) is 37.8 Å². The van der Waals surface area contributed by atoms with Crippen molar-refractivity contribution in [3.8, 4) is 0 Å². The molecule has 1 heterocycles. The molecule has 2 N–H and O–H groups in total. The Morgan fingerprint density at radius 2 is 1.92 bits per heavy atom. The molecule has 1 aromatic carbocycles. The van der Waals surface area contributed by atoms with Crippen LogP contribution in [-0.4, -0.2) is 42.4 Å². The van der Waals surface area contributed by atoms with Crippen molar-refractivity contribution in [1.29, 1.82) is 0 Å². The zero-order valence-electron chi connectivity index (χ0n) is 16.0. The maximum Gasteiger partial charge on any atom is 0.246 e. The molecule has 0 atom stereocenters. The van der Waals surface area contributed by atoms with E-state index >= 15 is 0 Å². The van der Waals surface area contributed by atoms with Crippen LogP contribution in [0, 0.1) is 20.8 Å². The van der Waals surface area contributed by atoms with Crippen molar-refractivity contribution in [3.63, 3.8) is 0 Å². The van der Waals surface area contributed by atoms with Crippen molar-refractivity contribution < 1.29 is 13.2 Å². The van der Waals surface area contributed by atoms with Crippen molar-refractivity contribution in [1.82, 2.24) is 14.5 Å². The Balaban J connectivity index is 2.21. The smallest absolute Gasteiger partial charge is 0.246 e. The summed E-state index contributed by atoms with van der Waals surface area (Å²) in [6.07, 6.45) is 0. The first-order valence-electron chi connectivity index (χ1n) is 8.43. The van der Waals surface area contributed by atoms with Crippen LogP contribution >= 0.6 is 0 Å². The molecule has 0 aliphatic carbocycles. The first-order valence-corrected chi connectivity index (χ1v) is 9.87. The van der Waals surface area contributed by atoms with Gasteiger partial charge in [-0.2, -0.15) is 9.40 Å². The number of sulfonamides is 1. The molecule has 8 heteroatoms. The lowest BCUT2D eigenvalue weighted by molar-refractivity contribution is -0.116. The molecule has 0 unspecified atom stereocenters. The van der Waals surface area contributed by atoms with Gasteiger partial charge in [-0.25, -0.2) is 8.42 Å². The van der Waals surface area contributed by atoms with Gasteiger partial charge in [0.25, 0.3) is 0 Å². The molecule has 26 heavy (non-hydrogen) atoms. The van der Waals surface area contributed by atoms with Crippen LogP contribution in [0.25, 0.3) is 0 Å². The molecule has 0 spiro atoms. The molecular formula is C18H26N4O3S. The Kier molecular flexibility index (Phi) is 5.87. The Hall–Kier alpha value is -2.19. The van der Waals surface area contributed by atoms with Crippen molar-refractivity contribution in [2.24, 2.45) is 0 Å². The number of benzene rings is 1. The highest BCUT2D eigenvalue weighted by Gasteiger charge is 2.28. The van der Waals surface area contributed by atoms with Gasteiger partial charge in [0.15, 0.2) is 0 Å². The zero-order chi connectivity index (χ0) is 19.6. The second-order valence-corrected chi connectivity index (χ2v) is 8.75. The number of para-hydroxylation sites is 1. The Labute approximate surface area is 154 Å². The van der Waals surface area contributed by atoms with Crippen LogP contribution in [0.4, 0.5) is 5.69 Å². The van der Waals surface area contributed by atoms with Gasteiger partial charge in [-0.1, -0.05) is 32.0 Å². The van der Waals surface area contributed by atoms with Gasteiger partial charge in [0.1, 0.15) is 4.90 Å². The summed E-state index contributed by atoms with van der Waals surface area (Å²) in [7, 11) is -2.41. The second kappa shape index (κ2) is 7.59. The molecule has 0 aliphatic rings. The van der Waals surface area contributed by atoms with E-state index < -0.39 is 10.0 Å². The fourth-order valence-corrected chi connectivity index (χ4v) is 4.34. The third-order valence-corrected chi connectivity index (χ3v) is 6.35. The maximum absolute atomic E-state index is 12.8. The van der Waals surface area contributed by atoms with Gasteiger partial charge >= 0.3 is 0 Å². The van der Waals surface area contributed by atoms with Crippen molar-refractivity contribution >= 4 is 21.6 Å². The first kappa shape index (κ1) is 20.1. The number of H-pyrrole nitrogens is 1. The number of aryl methyl sites for hydroxylation is 3. The molecule has 0 aliphatic heterocycles. The molecule has 0 bridgehead atoms. The lowest BCUT2D eigenvalue weighted by Crippen LogP contribution is -2.35. The highest BCUT2D eigenvalue weighted by Crippen LogP contribution is 2.27. The van der Waals surface area contributed by atoms with E-state index in [0.29, 0.717) is 11.4 Å². The fraction of sp³-hybridized carbons (Fsp3) is 0.444. The van der Waals surface area contributed by atoms with Gasteiger partial charge in [0, 0.05) is 12.7 Å². The summed E-state index contributed by atoms with van der Waals surface area (Å²) in [5, 5.41) is 9.45. The molecule has 142 valence electrons. The quantitative estimate of drug-likeness (QED) is 0.808. The number of aromatic amines is 1. The highest BCUT2D eigenvalue weighted by molar-refractivity contribution is 7.89. The first-order chi connectivity index (χ1) is 12.1. The summed E-state index contributed by atoms with van der Waals surface area (Å²) in [5.74, 6) is -0.144. The lowest BCUT2D eigenvalue weighted by Gasteiger charge is -2.20. The largest absolute Gasteiger partial charge is 0.324 e. The van der Waals surface area contributed by atoms with E-state index in [4.69, 9.17) is 0 Å². The lowest BCUT2D eigenvalue weighted by atomic mass is 9.98. The summed E-state index contributed by atoms with van der Waals surface area (Å²) in [6, 6.07) is 5.83. The summed E-state index contributed by atoms with van der Waals surface area (Å²) in [4.78, 5) is 12.6. The molecule has 1 amide bonds. The van der Waals surface area contributed by atoms with Crippen LogP contribution in [0.2, 0.25) is 0 Å². The van der Waals surface area contributed by atoms with E-state index in [9.17, 15) is 13.2 Å². The number of aromatic nitrogens is 2. The average molecular weight is 378 g/mol. The Morgan fingerprint density at radius 3 is 2.46 bits per heavy atom. The number of likely N-dealkylation sites (N-methyl/N-ethyl adjacent to an activating group) is 1. The number of amides is 1. The van der Waals surface area contributed by atoms with Crippen LogP contribution in [0.5, 0.6) is 0 Å². The minimum atomic E-state index is -3.80. The predicted molar refractivity (Wildman–Crippen MR) is 102 cm³/mol. The number of anilines is 1. The summed E-state index contributed by atoms with van der Waals surface area (Å²) >= 11 is 0. The number of rotatable bonds is 6.